The predicted octanol–water partition coefficient (Wildman–Crippen LogP) is 6.04. The van der Waals surface area contributed by atoms with Gasteiger partial charge in [0.2, 0.25) is 5.91 Å². The Morgan fingerprint density at radius 1 is 1.03 bits per heavy atom. The second kappa shape index (κ2) is 9.28. The van der Waals surface area contributed by atoms with Crippen LogP contribution in [0.2, 0.25) is 0 Å². The van der Waals surface area contributed by atoms with E-state index in [0.29, 0.717) is 37.6 Å². The first-order chi connectivity index (χ1) is 15.9. The summed E-state index contributed by atoms with van der Waals surface area (Å²) in [6.45, 7) is 2.01. The number of fused-ring (bicyclic) bond motifs is 1. The van der Waals surface area contributed by atoms with Gasteiger partial charge in [0.05, 0.1) is 16.6 Å². The number of benzene rings is 1. The molecular weight excluding hydrogens is 431 g/mol. The van der Waals surface area contributed by atoms with E-state index in [1.165, 1.54) is 19.3 Å². The Hall–Kier alpha value is -2.09. The summed E-state index contributed by atoms with van der Waals surface area (Å²) in [5.74, 6) is 1.51. The fourth-order valence-electron chi connectivity index (χ4n) is 5.83. The van der Waals surface area contributed by atoms with Gasteiger partial charge in [-0.3, -0.25) is 4.79 Å². The van der Waals surface area contributed by atoms with Crippen molar-refractivity contribution in [1.82, 2.24) is 14.5 Å². The lowest BCUT2D eigenvalue weighted by Gasteiger charge is -2.35. The summed E-state index contributed by atoms with van der Waals surface area (Å²) in [6.07, 6.45) is 5.46. The Kier molecular flexibility index (Phi) is 6.38. The van der Waals surface area contributed by atoms with Crippen LogP contribution in [0.15, 0.2) is 18.2 Å². The van der Waals surface area contributed by atoms with Gasteiger partial charge in [-0.05, 0) is 62.6 Å². The Bertz CT molecular complexity index is 983. The van der Waals surface area contributed by atoms with E-state index in [1.54, 1.807) is 6.07 Å². The number of halogens is 3. The van der Waals surface area contributed by atoms with Gasteiger partial charge in [-0.2, -0.15) is 13.2 Å². The maximum atomic E-state index is 13.3. The molecule has 5 rings (SSSR count). The summed E-state index contributed by atoms with van der Waals surface area (Å²) in [6, 6.07) is 3.93. The number of likely N-dealkylation sites (tertiary alicyclic amines) is 1. The number of hydrogen-bond acceptors (Lipinski definition) is 3. The lowest BCUT2D eigenvalue weighted by molar-refractivity contribution is -0.137. The van der Waals surface area contributed by atoms with Gasteiger partial charge >= 0.3 is 6.18 Å². The van der Waals surface area contributed by atoms with Crippen molar-refractivity contribution in [2.45, 2.75) is 82.5 Å². The van der Waals surface area contributed by atoms with Crippen LogP contribution in [0, 0.1) is 5.92 Å². The van der Waals surface area contributed by atoms with Crippen LogP contribution in [0.4, 0.5) is 13.2 Å². The molecule has 3 aliphatic rings. The Balaban J connectivity index is 1.35. The number of imidazole rings is 1. The number of rotatable bonds is 4. The Morgan fingerprint density at radius 3 is 2.45 bits per heavy atom. The molecule has 1 amide bonds. The monoisotopic (exact) mass is 463 g/mol. The van der Waals surface area contributed by atoms with Crippen molar-refractivity contribution in [2.24, 2.45) is 5.92 Å². The SMILES string of the molecule is O=C(CC1CCCCC1)N1CCC(n2c([C@@H]3CCCO3)nc3cc(C(F)(F)F)ccc32)CC1. The predicted molar refractivity (Wildman–Crippen MR) is 119 cm³/mol. The highest BCUT2D eigenvalue weighted by atomic mass is 19.4. The number of hydrogen-bond donors (Lipinski definition) is 0. The minimum absolute atomic E-state index is 0.102. The van der Waals surface area contributed by atoms with Crippen molar-refractivity contribution in [3.63, 3.8) is 0 Å². The van der Waals surface area contributed by atoms with Crippen LogP contribution >= 0.6 is 0 Å². The summed E-state index contributed by atoms with van der Waals surface area (Å²) < 4.78 is 47.8. The smallest absolute Gasteiger partial charge is 0.370 e. The van der Waals surface area contributed by atoms with Crippen molar-refractivity contribution in [3.05, 3.63) is 29.6 Å². The first-order valence-corrected chi connectivity index (χ1v) is 12.4. The third-order valence-corrected chi connectivity index (χ3v) is 7.63. The van der Waals surface area contributed by atoms with Crippen molar-refractivity contribution in [2.75, 3.05) is 19.7 Å². The molecule has 0 N–H and O–H groups in total. The zero-order valence-corrected chi connectivity index (χ0v) is 18.9. The van der Waals surface area contributed by atoms with Crippen LogP contribution in [0.5, 0.6) is 0 Å². The minimum atomic E-state index is -4.40. The van der Waals surface area contributed by atoms with Gasteiger partial charge in [0, 0.05) is 32.2 Å². The number of nitrogens with zero attached hydrogens (tertiary/aromatic N) is 3. The highest BCUT2D eigenvalue weighted by molar-refractivity contribution is 5.78. The van der Waals surface area contributed by atoms with E-state index in [9.17, 15) is 18.0 Å². The van der Waals surface area contributed by atoms with Crippen LogP contribution < -0.4 is 0 Å². The molecule has 0 radical (unpaired) electrons. The van der Waals surface area contributed by atoms with Gasteiger partial charge in [-0.25, -0.2) is 4.98 Å². The average molecular weight is 464 g/mol. The molecule has 1 aliphatic carbocycles. The molecule has 33 heavy (non-hydrogen) atoms. The summed E-state index contributed by atoms with van der Waals surface area (Å²) in [5.41, 5.74) is 0.410. The molecule has 2 aromatic rings. The molecule has 2 saturated heterocycles. The van der Waals surface area contributed by atoms with Crippen LogP contribution in [-0.4, -0.2) is 40.1 Å². The summed E-state index contributed by atoms with van der Waals surface area (Å²) >= 11 is 0. The number of carbonyl (C=O) groups excluding carboxylic acids is 1. The van der Waals surface area contributed by atoms with Crippen molar-refractivity contribution < 1.29 is 22.7 Å². The van der Waals surface area contributed by atoms with Crippen LogP contribution in [-0.2, 0) is 15.7 Å². The zero-order valence-electron chi connectivity index (χ0n) is 18.9. The topological polar surface area (TPSA) is 47.4 Å². The summed E-state index contributed by atoms with van der Waals surface area (Å²) in [4.78, 5) is 19.5. The van der Waals surface area contributed by atoms with Crippen molar-refractivity contribution in [3.8, 4) is 0 Å². The Labute approximate surface area is 192 Å². The third kappa shape index (κ3) is 4.77. The Morgan fingerprint density at radius 2 is 1.79 bits per heavy atom. The van der Waals surface area contributed by atoms with E-state index in [0.717, 1.165) is 62.0 Å². The maximum Gasteiger partial charge on any atom is 0.416 e. The molecule has 1 aromatic carbocycles. The minimum Gasteiger partial charge on any atom is -0.370 e. The van der Waals surface area contributed by atoms with Gasteiger partial charge in [0.1, 0.15) is 11.9 Å². The van der Waals surface area contributed by atoms with E-state index >= 15 is 0 Å². The van der Waals surface area contributed by atoms with Crippen LogP contribution in [0.1, 0.15) is 87.7 Å². The summed E-state index contributed by atoms with van der Waals surface area (Å²) in [5, 5.41) is 0. The molecule has 1 saturated carbocycles. The quantitative estimate of drug-likeness (QED) is 0.555. The second-order valence-electron chi connectivity index (χ2n) is 9.86. The largest absolute Gasteiger partial charge is 0.416 e. The number of piperidine rings is 1. The van der Waals surface area contributed by atoms with Crippen LogP contribution in [0.25, 0.3) is 11.0 Å². The fraction of sp³-hybridized carbons (Fsp3) is 0.680. The van der Waals surface area contributed by atoms with E-state index < -0.39 is 11.7 Å². The average Bonchev–Trinajstić information content (AvgIpc) is 3.46. The van der Waals surface area contributed by atoms with E-state index in [2.05, 4.69) is 9.55 Å². The first kappa shape index (κ1) is 22.7. The lowest BCUT2D eigenvalue weighted by atomic mass is 9.86. The van der Waals surface area contributed by atoms with Crippen molar-refractivity contribution in [1.29, 1.82) is 0 Å². The molecule has 1 aromatic heterocycles. The standard InChI is InChI=1S/C25H32F3N3O2/c26-25(27,28)18-8-9-21-20(16-18)29-24(22-7-4-14-33-22)31(21)19-10-12-30(13-11-19)23(32)15-17-5-2-1-3-6-17/h8-9,16-17,19,22H,1-7,10-15H2/t22-/m0/s1. The summed E-state index contributed by atoms with van der Waals surface area (Å²) in [7, 11) is 0. The number of alkyl halides is 3. The molecule has 3 fully saturated rings. The number of ether oxygens (including phenoxy) is 1. The molecule has 8 heteroatoms. The molecular formula is C25H32F3N3O2. The van der Waals surface area contributed by atoms with Gasteiger partial charge in [0.25, 0.3) is 0 Å². The third-order valence-electron chi connectivity index (χ3n) is 7.63. The zero-order chi connectivity index (χ0) is 23.0. The number of amides is 1. The van der Waals surface area contributed by atoms with Gasteiger partial charge < -0.3 is 14.2 Å². The number of aromatic nitrogens is 2. The first-order valence-electron chi connectivity index (χ1n) is 12.4. The molecule has 0 unspecified atom stereocenters. The number of carbonyl (C=O) groups is 1. The van der Waals surface area contributed by atoms with E-state index in [-0.39, 0.29) is 18.1 Å². The van der Waals surface area contributed by atoms with E-state index in [1.807, 2.05) is 4.90 Å². The second-order valence-corrected chi connectivity index (χ2v) is 9.86. The van der Waals surface area contributed by atoms with Gasteiger partial charge in [-0.15, -0.1) is 0 Å². The fourth-order valence-corrected chi connectivity index (χ4v) is 5.83. The molecule has 2 aliphatic heterocycles. The highest BCUT2D eigenvalue weighted by Crippen LogP contribution is 2.38. The maximum absolute atomic E-state index is 13.3. The van der Waals surface area contributed by atoms with Crippen molar-refractivity contribution >= 4 is 16.9 Å². The normalized spacial score (nSPS) is 23.5. The molecule has 5 nitrogen and oxygen atoms in total. The molecule has 180 valence electrons. The van der Waals surface area contributed by atoms with Gasteiger partial charge in [0.15, 0.2) is 0 Å². The van der Waals surface area contributed by atoms with Gasteiger partial charge in [-0.1, -0.05) is 19.3 Å². The molecule has 0 bridgehead atoms. The van der Waals surface area contributed by atoms with E-state index in [4.69, 9.17) is 4.74 Å². The highest BCUT2D eigenvalue weighted by Gasteiger charge is 2.34. The van der Waals surface area contributed by atoms with Crippen LogP contribution in [0.3, 0.4) is 0 Å². The molecule has 3 heterocycles. The molecule has 0 spiro atoms. The lowest BCUT2D eigenvalue weighted by Crippen LogP contribution is -2.40. The molecule has 1 atom stereocenters.